The molecule has 0 aliphatic carbocycles. The first-order chi connectivity index (χ1) is 9.35. The Morgan fingerprint density at radius 1 is 1.35 bits per heavy atom. The zero-order valence-corrected chi connectivity index (χ0v) is 13.5. The summed E-state index contributed by atoms with van der Waals surface area (Å²) in [6, 6.07) is 6.21. The summed E-state index contributed by atoms with van der Waals surface area (Å²) >= 11 is 12.8. The average Bonchev–Trinajstić information content (AvgIpc) is 2.77. The highest BCUT2D eigenvalue weighted by Gasteiger charge is 2.20. The van der Waals surface area contributed by atoms with Crippen molar-refractivity contribution in [1.82, 2.24) is 0 Å². The summed E-state index contributed by atoms with van der Waals surface area (Å²) in [6.45, 7) is 1.55. The summed E-state index contributed by atoms with van der Waals surface area (Å²) in [4.78, 5) is 0.613. The molecule has 0 saturated heterocycles. The number of sulfonamides is 1. The van der Waals surface area contributed by atoms with Crippen molar-refractivity contribution in [3.05, 3.63) is 44.8 Å². The van der Waals surface area contributed by atoms with Crippen LogP contribution in [0.4, 0.5) is 5.69 Å². The lowest BCUT2D eigenvalue weighted by atomic mass is 10.3. The molecule has 0 aliphatic rings. The predicted molar refractivity (Wildman–Crippen MR) is 82.2 cm³/mol. The van der Waals surface area contributed by atoms with Crippen LogP contribution >= 0.6 is 34.5 Å². The SMILES string of the molecule is Cc1cc(S(=O)(=O)Nc2cccc(Cl)c2Cl)sc1CO. The van der Waals surface area contributed by atoms with Gasteiger partial charge in [0.15, 0.2) is 0 Å². The second kappa shape index (κ2) is 5.91. The van der Waals surface area contributed by atoms with E-state index >= 15 is 0 Å². The minimum atomic E-state index is -3.75. The van der Waals surface area contributed by atoms with Crippen LogP contribution in [0.25, 0.3) is 0 Å². The number of hydrogen-bond donors (Lipinski definition) is 2. The summed E-state index contributed by atoms with van der Waals surface area (Å²) in [5.41, 5.74) is 0.950. The van der Waals surface area contributed by atoms with Gasteiger partial charge in [0.25, 0.3) is 10.0 Å². The first-order valence-corrected chi connectivity index (χ1v) is 8.57. The number of aliphatic hydroxyl groups excluding tert-OH is 1. The Morgan fingerprint density at radius 2 is 2.05 bits per heavy atom. The van der Waals surface area contributed by atoms with Crippen LogP contribution in [0.3, 0.4) is 0 Å². The number of aliphatic hydroxyl groups is 1. The minimum absolute atomic E-state index is 0.120. The molecule has 0 fully saturated rings. The van der Waals surface area contributed by atoms with E-state index in [4.69, 9.17) is 28.3 Å². The fourth-order valence-electron chi connectivity index (χ4n) is 1.56. The molecule has 2 N–H and O–H groups in total. The molecule has 0 bridgehead atoms. The lowest BCUT2D eigenvalue weighted by molar-refractivity contribution is 0.285. The van der Waals surface area contributed by atoms with E-state index < -0.39 is 10.0 Å². The van der Waals surface area contributed by atoms with E-state index in [2.05, 4.69) is 4.72 Å². The summed E-state index contributed by atoms with van der Waals surface area (Å²) in [5.74, 6) is 0. The third-order valence-corrected chi connectivity index (χ3v) is 6.48. The van der Waals surface area contributed by atoms with Crippen LogP contribution in [0.2, 0.25) is 10.0 Å². The number of thiophene rings is 1. The Bertz CT molecular complexity index is 741. The molecule has 2 rings (SSSR count). The highest BCUT2D eigenvalue weighted by molar-refractivity contribution is 7.94. The van der Waals surface area contributed by atoms with Crippen molar-refractivity contribution in [1.29, 1.82) is 0 Å². The number of anilines is 1. The summed E-state index contributed by atoms with van der Waals surface area (Å²) < 4.78 is 27.0. The summed E-state index contributed by atoms with van der Waals surface area (Å²) in [7, 11) is -3.75. The molecule has 2 aromatic rings. The molecule has 20 heavy (non-hydrogen) atoms. The van der Waals surface area contributed by atoms with Crippen molar-refractivity contribution in [2.24, 2.45) is 0 Å². The van der Waals surface area contributed by atoms with Gasteiger partial charge in [-0.05, 0) is 30.7 Å². The van der Waals surface area contributed by atoms with Gasteiger partial charge in [0, 0.05) is 4.88 Å². The second-order valence-electron chi connectivity index (χ2n) is 4.04. The molecule has 0 amide bonds. The Morgan fingerprint density at radius 3 is 2.65 bits per heavy atom. The van der Waals surface area contributed by atoms with Crippen molar-refractivity contribution in [3.63, 3.8) is 0 Å². The van der Waals surface area contributed by atoms with Crippen LogP contribution in [-0.2, 0) is 16.6 Å². The maximum Gasteiger partial charge on any atom is 0.271 e. The minimum Gasteiger partial charge on any atom is -0.391 e. The highest BCUT2D eigenvalue weighted by atomic mass is 35.5. The van der Waals surface area contributed by atoms with Crippen LogP contribution in [-0.4, -0.2) is 13.5 Å². The summed E-state index contributed by atoms with van der Waals surface area (Å²) in [5, 5.41) is 9.54. The molecular weight excluding hydrogens is 341 g/mol. The van der Waals surface area contributed by atoms with Gasteiger partial charge >= 0.3 is 0 Å². The Labute approximate surface area is 131 Å². The second-order valence-corrected chi connectivity index (χ2v) is 7.87. The third kappa shape index (κ3) is 3.10. The van der Waals surface area contributed by atoms with Gasteiger partial charge in [0.1, 0.15) is 4.21 Å². The molecule has 0 spiro atoms. The van der Waals surface area contributed by atoms with Crippen LogP contribution in [0.5, 0.6) is 0 Å². The van der Waals surface area contributed by atoms with Crippen LogP contribution in [0.15, 0.2) is 28.5 Å². The number of hydrogen-bond acceptors (Lipinski definition) is 4. The maximum absolute atomic E-state index is 12.3. The van der Waals surface area contributed by atoms with Crippen LogP contribution < -0.4 is 4.72 Å². The molecule has 1 aromatic carbocycles. The Kier molecular flexibility index (Phi) is 4.61. The predicted octanol–water partition coefficient (Wildman–Crippen LogP) is 3.66. The monoisotopic (exact) mass is 351 g/mol. The zero-order valence-electron chi connectivity index (χ0n) is 10.4. The smallest absolute Gasteiger partial charge is 0.271 e. The summed E-state index contributed by atoms with van der Waals surface area (Å²) in [6.07, 6.45) is 0. The van der Waals surface area contributed by atoms with Crippen LogP contribution in [0, 0.1) is 6.92 Å². The quantitative estimate of drug-likeness (QED) is 0.883. The number of nitrogens with one attached hydrogen (secondary N) is 1. The molecule has 4 nitrogen and oxygen atoms in total. The van der Waals surface area contributed by atoms with Gasteiger partial charge in [-0.3, -0.25) is 4.72 Å². The molecular formula is C12H11Cl2NO3S2. The topological polar surface area (TPSA) is 66.4 Å². The third-order valence-electron chi connectivity index (χ3n) is 2.60. The van der Waals surface area contributed by atoms with Crippen molar-refractivity contribution in [2.45, 2.75) is 17.7 Å². The molecule has 108 valence electrons. The fourth-order valence-corrected chi connectivity index (χ4v) is 4.48. The molecule has 0 atom stereocenters. The molecule has 1 aromatic heterocycles. The lowest BCUT2D eigenvalue weighted by Gasteiger charge is -2.08. The number of benzene rings is 1. The molecule has 1 heterocycles. The Balaban J connectivity index is 2.38. The molecule has 0 aliphatic heterocycles. The van der Waals surface area contributed by atoms with E-state index in [1.54, 1.807) is 19.1 Å². The molecule has 0 saturated carbocycles. The van der Waals surface area contributed by atoms with E-state index in [0.29, 0.717) is 4.88 Å². The van der Waals surface area contributed by atoms with Gasteiger partial charge in [0.05, 0.1) is 22.3 Å². The number of halogens is 2. The molecule has 0 unspecified atom stereocenters. The van der Waals surface area contributed by atoms with Gasteiger partial charge in [-0.2, -0.15) is 0 Å². The zero-order chi connectivity index (χ0) is 14.9. The van der Waals surface area contributed by atoms with E-state index in [1.165, 1.54) is 12.1 Å². The van der Waals surface area contributed by atoms with Gasteiger partial charge in [-0.1, -0.05) is 29.3 Å². The molecule has 0 radical (unpaired) electrons. The highest BCUT2D eigenvalue weighted by Crippen LogP contribution is 2.33. The fraction of sp³-hybridized carbons (Fsp3) is 0.167. The lowest BCUT2D eigenvalue weighted by Crippen LogP contribution is -2.11. The standard InChI is InChI=1S/C12H11Cl2NO3S2/c1-7-5-11(19-10(7)6-16)20(17,18)15-9-4-2-3-8(13)12(9)14/h2-5,15-16H,6H2,1H3. The largest absolute Gasteiger partial charge is 0.391 e. The normalized spacial score (nSPS) is 11.6. The van der Waals surface area contributed by atoms with Crippen molar-refractivity contribution in [2.75, 3.05) is 4.72 Å². The van der Waals surface area contributed by atoms with Gasteiger partial charge in [-0.15, -0.1) is 11.3 Å². The number of aryl methyl sites for hydroxylation is 1. The van der Waals surface area contributed by atoms with Crippen LogP contribution in [0.1, 0.15) is 10.4 Å². The van der Waals surface area contributed by atoms with Gasteiger partial charge in [0.2, 0.25) is 0 Å². The van der Waals surface area contributed by atoms with Gasteiger partial charge < -0.3 is 5.11 Å². The van der Waals surface area contributed by atoms with Crippen molar-refractivity contribution >= 4 is 50.2 Å². The maximum atomic E-state index is 12.3. The van der Waals surface area contributed by atoms with E-state index in [9.17, 15) is 8.42 Å². The van der Waals surface area contributed by atoms with Crippen molar-refractivity contribution in [3.8, 4) is 0 Å². The number of rotatable bonds is 4. The van der Waals surface area contributed by atoms with Gasteiger partial charge in [-0.25, -0.2) is 8.42 Å². The first-order valence-electron chi connectivity index (χ1n) is 5.52. The average molecular weight is 352 g/mol. The van der Waals surface area contributed by atoms with E-state index in [-0.39, 0.29) is 26.5 Å². The molecule has 8 heteroatoms. The van der Waals surface area contributed by atoms with E-state index in [1.807, 2.05) is 0 Å². The Hall–Kier alpha value is -0.790. The van der Waals surface area contributed by atoms with E-state index in [0.717, 1.165) is 16.9 Å². The van der Waals surface area contributed by atoms with Crippen molar-refractivity contribution < 1.29 is 13.5 Å². The first kappa shape index (κ1) is 15.6.